The summed E-state index contributed by atoms with van der Waals surface area (Å²) in [5, 5.41) is 16.1. The van der Waals surface area contributed by atoms with Gasteiger partial charge in [0.25, 0.3) is 5.91 Å². The monoisotopic (exact) mass is 319 g/mol. The van der Waals surface area contributed by atoms with Gasteiger partial charge >= 0.3 is 0 Å². The smallest absolute Gasteiger partial charge is 0.254 e. The SMILES string of the molecule is NC(=O)c1cnc(NC2CCC(O)CC2)nc1NCCC1CC1. The van der Waals surface area contributed by atoms with E-state index in [9.17, 15) is 9.90 Å². The molecule has 0 unspecified atom stereocenters. The zero-order valence-corrected chi connectivity index (χ0v) is 13.3. The Morgan fingerprint density at radius 2 is 2.00 bits per heavy atom. The second-order valence-corrected chi connectivity index (χ2v) is 6.63. The van der Waals surface area contributed by atoms with Crippen molar-refractivity contribution >= 4 is 17.7 Å². The predicted molar refractivity (Wildman–Crippen MR) is 88.3 cm³/mol. The average Bonchev–Trinajstić information content (AvgIpc) is 3.34. The van der Waals surface area contributed by atoms with E-state index in [0.717, 1.165) is 44.6 Å². The quantitative estimate of drug-likeness (QED) is 0.606. The summed E-state index contributed by atoms with van der Waals surface area (Å²) in [6, 6.07) is 0.261. The van der Waals surface area contributed by atoms with Crippen molar-refractivity contribution in [3.8, 4) is 0 Å². The van der Waals surface area contributed by atoms with Crippen LogP contribution >= 0.6 is 0 Å². The van der Waals surface area contributed by atoms with Crippen LogP contribution < -0.4 is 16.4 Å². The van der Waals surface area contributed by atoms with Crippen molar-refractivity contribution in [3.05, 3.63) is 11.8 Å². The number of carbonyl (C=O) groups excluding carboxylic acids is 1. The van der Waals surface area contributed by atoms with Crippen LogP contribution in [0.4, 0.5) is 11.8 Å². The molecule has 1 aromatic heterocycles. The van der Waals surface area contributed by atoms with Gasteiger partial charge < -0.3 is 21.5 Å². The van der Waals surface area contributed by atoms with Crippen LogP contribution in [0.5, 0.6) is 0 Å². The average molecular weight is 319 g/mol. The van der Waals surface area contributed by atoms with E-state index >= 15 is 0 Å². The van der Waals surface area contributed by atoms with Gasteiger partial charge in [-0.15, -0.1) is 0 Å². The van der Waals surface area contributed by atoms with Gasteiger partial charge in [-0.05, 0) is 38.0 Å². The highest BCUT2D eigenvalue weighted by molar-refractivity contribution is 5.97. The second-order valence-electron chi connectivity index (χ2n) is 6.63. The van der Waals surface area contributed by atoms with Crippen LogP contribution in [-0.4, -0.2) is 39.7 Å². The number of nitrogens with one attached hydrogen (secondary N) is 2. The Labute approximate surface area is 136 Å². The first-order chi connectivity index (χ1) is 11.1. The fraction of sp³-hybridized carbons (Fsp3) is 0.688. The Morgan fingerprint density at radius 3 is 2.65 bits per heavy atom. The van der Waals surface area contributed by atoms with Crippen LogP contribution in [0.1, 0.15) is 55.3 Å². The minimum absolute atomic E-state index is 0.189. The molecule has 0 aliphatic heterocycles. The molecule has 0 atom stereocenters. The fourth-order valence-electron chi connectivity index (χ4n) is 2.97. The summed E-state index contributed by atoms with van der Waals surface area (Å²) < 4.78 is 0. The van der Waals surface area contributed by atoms with Crippen LogP contribution in [-0.2, 0) is 0 Å². The molecule has 1 heterocycles. The van der Waals surface area contributed by atoms with Crippen molar-refractivity contribution in [2.24, 2.45) is 11.7 Å². The number of nitrogens with zero attached hydrogens (tertiary/aromatic N) is 2. The molecule has 3 rings (SSSR count). The van der Waals surface area contributed by atoms with E-state index in [4.69, 9.17) is 5.73 Å². The fourth-order valence-corrected chi connectivity index (χ4v) is 2.97. The van der Waals surface area contributed by atoms with Crippen molar-refractivity contribution in [1.29, 1.82) is 0 Å². The molecule has 0 radical (unpaired) electrons. The molecule has 0 bridgehead atoms. The highest BCUT2D eigenvalue weighted by atomic mass is 16.3. The number of carbonyl (C=O) groups is 1. The molecule has 2 saturated carbocycles. The van der Waals surface area contributed by atoms with E-state index in [2.05, 4.69) is 20.6 Å². The van der Waals surface area contributed by atoms with Gasteiger partial charge in [-0.2, -0.15) is 4.98 Å². The normalized spacial score (nSPS) is 24.2. The van der Waals surface area contributed by atoms with E-state index in [1.165, 1.54) is 19.0 Å². The Morgan fingerprint density at radius 1 is 1.26 bits per heavy atom. The molecular formula is C16H25N5O2. The van der Waals surface area contributed by atoms with Gasteiger partial charge in [0.15, 0.2) is 0 Å². The Hall–Kier alpha value is -1.89. The van der Waals surface area contributed by atoms with Crippen molar-refractivity contribution in [2.75, 3.05) is 17.2 Å². The molecule has 7 heteroatoms. The molecule has 7 nitrogen and oxygen atoms in total. The molecule has 1 amide bonds. The Bertz CT molecular complexity index is 553. The molecule has 2 aliphatic carbocycles. The largest absolute Gasteiger partial charge is 0.393 e. The van der Waals surface area contributed by atoms with E-state index in [1.54, 1.807) is 0 Å². The summed E-state index contributed by atoms with van der Waals surface area (Å²) in [5.74, 6) is 1.30. The number of aliphatic hydroxyl groups is 1. The van der Waals surface area contributed by atoms with Gasteiger partial charge in [-0.3, -0.25) is 4.79 Å². The lowest BCUT2D eigenvalue weighted by atomic mass is 9.93. The van der Waals surface area contributed by atoms with Crippen LogP contribution in [0, 0.1) is 5.92 Å². The number of aromatic nitrogens is 2. The number of nitrogens with two attached hydrogens (primary N) is 1. The molecule has 5 N–H and O–H groups in total. The molecule has 0 aromatic carbocycles. The third kappa shape index (κ3) is 4.54. The molecule has 0 spiro atoms. The molecule has 1 aromatic rings. The first-order valence-corrected chi connectivity index (χ1v) is 8.47. The van der Waals surface area contributed by atoms with Gasteiger partial charge in [-0.25, -0.2) is 4.98 Å². The van der Waals surface area contributed by atoms with Gasteiger partial charge in [0.1, 0.15) is 5.82 Å². The first-order valence-electron chi connectivity index (χ1n) is 8.47. The number of hydrogen-bond donors (Lipinski definition) is 4. The lowest BCUT2D eigenvalue weighted by Crippen LogP contribution is -2.29. The third-order valence-corrected chi connectivity index (χ3v) is 4.63. The second kappa shape index (κ2) is 7.12. The van der Waals surface area contributed by atoms with Gasteiger partial charge in [0.2, 0.25) is 5.95 Å². The maximum absolute atomic E-state index is 11.5. The standard InChI is InChI=1S/C16H25N5O2/c17-14(23)13-9-19-16(20-11-3-5-12(22)6-4-11)21-15(13)18-8-7-10-1-2-10/h9-12,22H,1-8H2,(H2,17,23)(H2,18,19,20,21). The molecular weight excluding hydrogens is 294 g/mol. The van der Waals surface area contributed by atoms with Crippen molar-refractivity contribution in [3.63, 3.8) is 0 Å². The third-order valence-electron chi connectivity index (χ3n) is 4.63. The summed E-state index contributed by atoms with van der Waals surface area (Å²) in [4.78, 5) is 20.2. The number of primary amides is 1. The summed E-state index contributed by atoms with van der Waals surface area (Å²) in [7, 11) is 0. The van der Waals surface area contributed by atoms with Crippen molar-refractivity contribution in [2.45, 2.75) is 57.1 Å². The zero-order valence-electron chi connectivity index (χ0n) is 13.3. The summed E-state index contributed by atoms with van der Waals surface area (Å²) in [6.07, 6.45) is 8.36. The summed E-state index contributed by atoms with van der Waals surface area (Å²) in [6.45, 7) is 0.789. The lowest BCUT2D eigenvalue weighted by molar-refractivity contribution is 0.100. The highest BCUT2D eigenvalue weighted by Gasteiger charge is 2.22. The molecule has 126 valence electrons. The van der Waals surface area contributed by atoms with Crippen LogP contribution in [0.3, 0.4) is 0 Å². The molecule has 23 heavy (non-hydrogen) atoms. The van der Waals surface area contributed by atoms with Crippen LogP contribution in [0.25, 0.3) is 0 Å². The van der Waals surface area contributed by atoms with Crippen molar-refractivity contribution in [1.82, 2.24) is 9.97 Å². The first kappa shape index (κ1) is 16.0. The maximum Gasteiger partial charge on any atom is 0.254 e. The van der Waals surface area contributed by atoms with E-state index in [1.807, 2.05) is 0 Å². The number of aliphatic hydroxyl groups excluding tert-OH is 1. The van der Waals surface area contributed by atoms with Crippen LogP contribution in [0.2, 0.25) is 0 Å². The van der Waals surface area contributed by atoms with E-state index in [-0.39, 0.29) is 12.1 Å². The van der Waals surface area contributed by atoms with Crippen LogP contribution in [0.15, 0.2) is 6.20 Å². The molecule has 0 saturated heterocycles. The van der Waals surface area contributed by atoms with Gasteiger partial charge in [0.05, 0.1) is 11.7 Å². The van der Waals surface area contributed by atoms with Gasteiger partial charge in [0, 0.05) is 18.8 Å². The van der Waals surface area contributed by atoms with E-state index < -0.39 is 5.91 Å². The van der Waals surface area contributed by atoms with E-state index in [0.29, 0.717) is 17.3 Å². The predicted octanol–water partition coefficient (Wildman–Crippen LogP) is 1.50. The van der Waals surface area contributed by atoms with Gasteiger partial charge in [-0.1, -0.05) is 12.8 Å². The topological polar surface area (TPSA) is 113 Å². The number of amides is 1. The summed E-state index contributed by atoms with van der Waals surface area (Å²) in [5.41, 5.74) is 5.73. The Kier molecular flexibility index (Phi) is 4.95. The summed E-state index contributed by atoms with van der Waals surface area (Å²) >= 11 is 0. The molecule has 2 aliphatic rings. The Balaban J connectivity index is 1.63. The number of rotatable bonds is 7. The number of anilines is 2. The molecule has 2 fully saturated rings. The minimum atomic E-state index is -0.522. The maximum atomic E-state index is 11.5. The lowest BCUT2D eigenvalue weighted by Gasteiger charge is -2.26. The minimum Gasteiger partial charge on any atom is -0.393 e. The number of hydrogen-bond acceptors (Lipinski definition) is 6. The van der Waals surface area contributed by atoms with Crippen molar-refractivity contribution < 1.29 is 9.90 Å². The highest BCUT2D eigenvalue weighted by Crippen LogP contribution is 2.32. The zero-order chi connectivity index (χ0) is 16.2.